The average Bonchev–Trinajstić information content (AvgIpc) is 2.21. The summed E-state index contributed by atoms with van der Waals surface area (Å²) in [7, 11) is 0. The van der Waals surface area contributed by atoms with E-state index in [1.807, 2.05) is 47.0 Å². The molecule has 4 heteroatoms. The monoisotopic (exact) mass is 268 g/mol. The number of hydrogen-bond donors (Lipinski definition) is 0. The van der Waals surface area contributed by atoms with E-state index in [1.165, 1.54) is 34.5 Å². The van der Waals surface area contributed by atoms with Gasteiger partial charge in [0.1, 0.15) is 0 Å². The SMILES string of the molecule is CCSCCS/C=C\SCCSCC. The van der Waals surface area contributed by atoms with Crippen LogP contribution in [0.3, 0.4) is 0 Å². The van der Waals surface area contributed by atoms with Crippen LogP contribution in [0.5, 0.6) is 0 Å². The zero-order chi connectivity index (χ0) is 10.5. The van der Waals surface area contributed by atoms with Crippen LogP contribution in [-0.2, 0) is 0 Å². The minimum absolute atomic E-state index is 1.24. The fourth-order valence-corrected chi connectivity index (χ4v) is 3.91. The van der Waals surface area contributed by atoms with Gasteiger partial charge in [-0.1, -0.05) is 13.8 Å². The fourth-order valence-electron chi connectivity index (χ4n) is 0.717. The molecule has 0 aromatic rings. The second-order valence-electron chi connectivity index (χ2n) is 2.41. The molecule has 0 aromatic carbocycles. The average molecular weight is 269 g/mol. The highest BCUT2D eigenvalue weighted by atomic mass is 32.2. The van der Waals surface area contributed by atoms with Crippen LogP contribution in [0.4, 0.5) is 0 Å². The minimum Gasteiger partial charge on any atom is -0.161 e. The summed E-state index contributed by atoms with van der Waals surface area (Å²) in [6, 6.07) is 0. The van der Waals surface area contributed by atoms with Gasteiger partial charge in [0.05, 0.1) is 0 Å². The molecular formula is C10H20S4. The lowest BCUT2D eigenvalue weighted by atomic mass is 10.9. The Kier molecular flexibility index (Phi) is 15.3. The van der Waals surface area contributed by atoms with Crippen molar-refractivity contribution in [3.63, 3.8) is 0 Å². The molecule has 0 aromatic heterocycles. The molecule has 0 heterocycles. The zero-order valence-corrected chi connectivity index (χ0v) is 12.3. The molecular weight excluding hydrogens is 248 g/mol. The van der Waals surface area contributed by atoms with E-state index in [2.05, 4.69) is 24.7 Å². The van der Waals surface area contributed by atoms with Gasteiger partial charge in [-0.3, -0.25) is 0 Å². The van der Waals surface area contributed by atoms with Crippen molar-refractivity contribution in [1.82, 2.24) is 0 Å². The normalized spacial score (nSPS) is 11.3. The first-order valence-corrected chi connectivity index (χ1v) is 9.36. The number of rotatable bonds is 10. The summed E-state index contributed by atoms with van der Waals surface area (Å²) in [4.78, 5) is 0. The molecule has 0 saturated carbocycles. The van der Waals surface area contributed by atoms with Crippen molar-refractivity contribution in [2.75, 3.05) is 34.5 Å². The number of hydrogen-bond acceptors (Lipinski definition) is 4. The smallest absolute Gasteiger partial charge is 0.00652 e. The van der Waals surface area contributed by atoms with Gasteiger partial charge in [-0.2, -0.15) is 23.5 Å². The maximum absolute atomic E-state index is 2.23. The lowest BCUT2D eigenvalue weighted by molar-refractivity contribution is 1.48. The van der Waals surface area contributed by atoms with Crippen LogP contribution in [0.25, 0.3) is 0 Å². The quantitative estimate of drug-likeness (QED) is 0.537. The molecule has 0 aliphatic heterocycles. The van der Waals surface area contributed by atoms with E-state index in [1.54, 1.807) is 0 Å². The second kappa shape index (κ2) is 14.1. The number of thioether (sulfide) groups is 4. The third-order valence-electron chi connectivity index (χ3n) is 1.35. The van der Waals surface area contributed by atoms with Crippen LogP contribution in [0.1, 0.15) is 13.8 Å². The summed E-state index contributed by atoms with van der Waals surface area (Å²) in [6.45, 7) is 4.43. The summed E-state index contributed by atoms with van der Waals surface area (Å²) >= 11 is 7.89. The molecule has 0 atom stereocenters. The van der Waals surface area contributed by atoms with Gasteiger partial charge in [-0.25, -0.2) is 0 Å². The molecule has 0 aliphatic carbocycles. The van der Waals surface area contributed by atoms with Gasteiger partial charge in [-0.05, 0) is 22.3 Å². The van der Waals surface area contributed by atoms with E-state index in [0.717, 1.165) is 0 Å². The molecule has 14 heavy (non-hydrogen) atoms. The van der Waals surface area contributed by atoms with Crippen LogP contribution < -0.4 is 0 Å². The molecule has 0 amide bonds. The van der Waals surface area contributed by atoms with E-state index in [0.29, 0.717) is 0 Å². The van der Waals surface area contributed by atoms with E-state index in [4.69, 9.17) is 0 Å². The van der Waals surface area contributed by atoms with Gasteiger partial charge in [0, 0.05) is 23.0 Å². The Hall–Kier alpha value is 1.14. The first-order chi connectivity index (χ1) is 6.91. The highest BCUT2D eigenvalue weighted by Crippen LogP contribution is 2.12. The molecule has 0 rings (SSSR count). The van der Waals surface area contributed by atoms with Crippen LogP contribution >= 0.6 is 47.0 Å². The Bertz CT molecular complexity index is 111. The van der Waals surface area contributed by atoms with E-state index < -0.39 is 0 Å². The van der Waals surface area contributed by atoms with Gasteiger partial charge in [0.25, 0.3) is 0 Å². The van der Waals surface area contributed by atoms with E-state index >= 15 is 0 Å². The van der Waals surface area contributed by atoms with Gasteiger partial charge in [0.2, 0.25) is 0 Å². The summed E-state index contributed by atoms with van der Waals surface area (Å²) in [5.41, 5.74) is 0. The third kappa shape index (κ3) is 13.1. The Morgan fingerprint density at radius 1 is 0.714 bits per heavy atom. The van der Waals surface area contributed by atoms with Crippen molar-refractivity contribution < 1.29 is 0 Å². The first-order valence-electron chi connectivity index (χ1n) is 4.95. The highest BCUT2D eigenvalue weighted by Gasteiger charge is 1.86. The van der Waals surface area contributed by atoms with E-state index in [-0.39, 0.29) is 0 Å². The van der Waals surface area contributed by atoms with Gasteiger partial charge in [-0.15, -0.1) is 23.5 Å². The van der Waals surface area contributed by atoms with Crippen molar-refractivity contribution in [1.29, 1.82) is 0 Å². The van der Waals surface area contributed by atoms with Crippen LogP contribution in [0.2, 0.25) is 0 Å². The van der Waals surface area contributed by atoms with Crippen molar-refractivity contribution in [2.45, 2.75) is 13.8 Å². The Morgan fingerprint density at radius 3 is 1.50 bits per heavy atom. The zero-order valence-electron chi connectivity index (χ0n) is 9.03. The second-order valence-corrected chi connectivity index (χ2v) is 7.22. The van der Waals surface area contributed by atoms with Crippen molar-refractivity contribution in [3.05, 3.63) is 10.8 Å². The maximum Gasteiger partial charge on any atom is 0.00652 e. The van der Waals surface area contributed by atoms with Crippen LogP contribution in [-0.4, -0.2) is 34.5 Å². The van der Waals surface area contributed by atoms with Crippen molar-refractivity contribution in [3.8, 4) is 0 Å². The van der Waals surface area contributed by atoms with Gasteiger partial charge < -0.3 is 0 Å². The minimum atomic E-state index is 1.24. The molecule has 0 bridgehead atoms. The highest BCUT2D eigenvalue weighted by molar-refractivity contribution is 8.07. The molecule has 84 valence electrons. The molecule has 0 saturated heterocycles. The predicted octanol–water partition coefficient (Wildman–Crippen LogP) is 4.43. The largest absolute Gasteiger partial charge is 0.161 e. The topological polar surface area (TPSA) is 0 Å². The van der Waals surface area contributed by atoms with Crippen LogP contribution in [0, 0.1) is 0 Å². The van der Waals surface area contributed by atoms with Gasteiger partial charge >= 0.3 is 0 Å². The molecule has 0 unspecified atom stereocenters. The Labute approximate surface area is 106 Å². The maximum atomic E-state index is 2.23. The lowest BCUT2D eigenvalue weighted by Gasteiger charge is -1.95. The molecule has 0 radical (unpaired) electrons. The van der Waals surface area contributed by atoms with E-state index in [9.17, 15) is 0 Å². The van der Waals surface area contributed by atoms with Crippen molar-refractivity contribution >= 4 is 47.0 Å². The summed E-state index contributed by atoms with van der Waals surface area (Å²) in [5.74, 6) is 7.54. The molecule has 0 fully saturated rings. The van der Waals surface area contributed by atoms with Crippen LogP contribution in [0.15, 0.2) is 10.8 Å². The summed E-state index contributed by atoms with van der Waals surface area (Å²) in [6.07, 6.45) is 0. The third-order valence-corrected chi connectivity index (χ3v) is 5.38. The lowest BCUT2D eigenvalue weighted by Crippen LogP contribution is -1.82. The summed E-state index contributed by atoms with van der Waals surface area (Å²) < 4.78 is 0. The Balaban J connectivity index is 2.96. The molecule has 0 nitrogen and oxygen atoms in total. The summed E-state index contributed by atoms with van der Waals surface area (Å²) in [5, 5.41) is 4.47. The first kappa shape index (κ1) is 15.1. The molecule has 0 N–H and O–H groups in total. The fraction of sp³-hybridized carbons (Fsp3) is 0.800. The van der Waals surface area contributed by atoms with Crippen molar-refractivity contribution in [2.24, 2.45) is 0 Å². The Morgan fingerprint density at radius 2 is 1.14 bits per heavy atom. The standard InChI is InChI=1S/C10H20S4/c1-3-11-5-7-13-9-10-14-8-6-12-4-2/h9-10H,3-8H2,1-2H3/b10-9-. The predicted molar refractivity (Wildman–Crippen MR) is 80.1 cm³/mol. The van der Waals surface area contributed by atoms with Gasteiger partial charge in [0.15, 0.2) is 0 Å². The molecule has 0 aliphatic rings. The molecule has 0 spiro atoms.